The molecule has 1 aliphatic rings. The Labute approximate surface area is 140 Å². The largest absolute Gasteiger partial charge is 0.494 e. The van der Waals surface area contributed by atoms with Crippen LogP contribution in [0.5, 0.6) is 17.2 Å². The average Bonchev–Trinajstić information content (AvgIpc) is 2.99. The van der Waals surface area contributed by atoms with Crippen molar-refractivity contribution in [2.45, 2.75) is 0 Å². The molecule has 4 nitrogen and oxygen atoms in total. The van der Waals surface area contributed by atoms with Crippen molar-refractivity contribution in [2.24, 2.45) is 0 Å². The van der Waals surface area contributed by atoms with Gasteiger partial charge in [-0.2, -0.15) is 0 Å². The molecule has 2 aromatic rings. The average molecular weight is 379 g/mol. The molecule has 0 amide bonds. The number of halogens is 2. The normalized spacial score (nSPS) is 12.7. The van der Waals surface area contributed by atoms with Crippen LogP contribution in [-0.2, 0) is 0 Å². The number of fused-ring (bicyclic) bond motifs is 1. The molecule has 118 valence electrons. The van der Waals surface area contributed by atoms with Gasteiger partial charge in [0, 0.05) is 10.0 Å². The summed E-state index contributed by atoms with van der Waals surface area (Å²) in [6.07, 6.45) is 3.01. The van der Waals surface area contributed by atoms with Crippen LogP contribution >= 0.6 is 15.9 Å². The van der Waals surface area contributed by atoms with E-state index in [-0.39, 0.29) is 23.9 Å². The molecule has 2 aromatic carbocycles. The van der Waals surface area contributed by atoms with Gasteiger partial charge in [-0.15, -0.1) is 0 Å². The van der Waals surface area contributed by atoms with E-state index < -0.39 is 5.82 Å². The van der Waals surface area contributed by atoms with Crippen LogP contribution in [0.3, 0.4) is 0 Å². The van der Waals surface area contributed by atoms with Crippen LogP contribution in [0, 0.1) is 5.82 Å². The summed E-state index contributed by atoms with van der Waals surface area (Å²) < 4.78 is 29.8. The predicted molar refractivity (Wildman–Crippen MR) is 86.6 cm³/mol. The second-order valence-corrected chi connectivity index (χ2v) is 5.63. The molecular weight excluding hydrogens is 367 g/mol. The summed E-state index contributed by atoms with van der Waals surface area (Å²) in [5.74, 6) is 0.490. The highest BCUT2D eigenvalue weighted by atomic mass is 79.9. The lowest BCUT2D eigenvalue weighted by molar-refractivity contribution is 0.104. The van der Waals surface area contributed by atoms with Crippen LogP contribution in [0.4, 0.5) is 4.39 Å². The van der Waals surface area contributed by atoms with Crippen molar-refractivity contribution in [1.82, 2.24) is 0 Å². The third kappa shape index (κ3) is 3.22. The summed E-state index contributed by atoms with van der Waals surface area (Å²) in [5, 5.41) is 0. The molecule has 23 heavy (non-hydrogen) atoms. The van der Waals surface area contributed by atoms with Crippen molar-refractivity contribution >= 4 is 27.8 Å². The fourth-order valence-electron chi connectivity index (χ4n) is 2.14. The summed E-state index contributed by atoms with van der Waals surface area (Å²) in [5.41, 5.74) is 1.01. The Balaban J connectivity index is 1.82. The van der Waals surface area contributed by atoms with Gasteiger partial charge >= 0.3 is 0 Å². The Morgan fingerprint density at radius 3 is 2.70 bits per heavy atom. The quantitative estimate of drug-likeness (QED) is 0.590. The molecule has 6 heteroatoms. The third-order valence-corrected chi connectivity index (χ3v) is 4.03. The molecule has 3 rings (SSSR count). The monoisotopic (exact) mass is 378 g/mol. The van der Waals surface area contributed by atoms with Gasteiger partial charge in [0.2, 0.25) is 6.79 Å². The van der Waals surface area contributed by atoms with Gasteiger partial charge in [0.1, 0.15) is 0 Å². The molecule has 0 spiro atoms. The Morgan fingerprint density at radius 1 is 1.26 bits per heavy atom. The van der Waals surface area contributed by atoms with E-state index in [1.165, 1.54) is 25.3 Å². The molecule has 0 N–H and O–H groups in total. The SMILES string of the molecule is COc1ccc(C(=O)/C=C/c2cc3c(cc2Br)OCO3)cc1F. The van der Waals surface area contributed by atoms with Gasteiger partial charge in [-0.1, -0.05) is 15.9 Å². The topological polar surface area (TPSA) is 44.8 Å². The molecule has 0 saturated heterocycles. The molecule has 0 radical (unpaired) electrons. The van der Waals surface area contributed by atoms with Crippen LogP contribution in [0.25, 0.3) is 6.08 Å². The van der Waals surface area contributed by atoms with E-state index in [9.17, 15) is 9.18 Å². The number of benzene rings is 2. The lowest BCUT2D eigenvalue weighted by Gasteiger charge is -2.03. The van der Waals surface area contributed by atoms with Gasteiger partial charge in [0.25, 0.3) is 0 Å². The minimum atomic E-state index is -0.573. The number of carbonyl (C=O) groups excluding carboxylic acids is 1. The zero-order chi connectivity index (χ0) is 16.4. The fraction of sp³-hybridized carbons (Fsp3) is 0.118. The Hall–Kier alpha value is -2.34. The summed E-state index contributed by atoms with van der Waals surface area (Å²) in [7, 11) is 1.37. The number of ether oxygens (including phenoxy) is 3. The molecule has 0 unspecified atom stereocenters. The number of methoxy groups -OCH3 is 1. The molecule has 0 fully saturated rings. The van der Waals surface area contributed by atoms with Gasteiger partial charge in [-0.25, -0.2) is 4.39 Å². The maximum Gasteiger partial charge on any atom is 0.231 e. The molecule has 0 aliphatic carbocycles. The Morgan fingerprint density at radius 2 is 2.00 bits per heavy atom. The maximum absolute atomic E-state index is 13.6. The first kappa shape index (κ1) is 15.6. The van der Waals surface area contributed by atoms with E-state index in [1.807, 2.05) is 0 Å². The van der Waals surface area contributed by atoms with Gasteiger partial charge in [-0.05, 0) is 48.0 Å². The number of rotatable bonds is 4. The number of allylic oxidation sites excluding steroid dienone is 1. The molecule has 0 atom stereocenters. The van der Waals surface area contributed by atoms with Crippen LogP contribution in [-0.4, -0.2) is 19.7 Å². The summed E-state index contributed by atoms with van der Waals surface area (Å²) in [6, 6.07) is 7.64. The first-order valence-corrected chi connectivity index (χ1v) is 7.53. The number of ketones is 1. The summed E-state index contributed by atoms with van der Waals surface area (Å²) >= 11 is 3.41. The van der Waals surface area contributed by atoms with Crippen molar-refractivity contribution in [3.05, 3.63) is 57.8 Å². The lowest BCUT2D eigenvalue weighted by atomic mass is 10.1. The molecule has 1 heterocycles. The van der Waals surface area contributed by atoms with E-state index in [0.29, 0.717) is 11.5 Å². The van der Waals surface area contributed by atoms with Crippen molar-refractivity contribution in [3.8, 4) is 17.2 Å². The van der Waals surface area contributed by atoms with E-state index >= 15 is 0 Å². The fourth-order valence-corrected chi connectivity index (χ4v) is 2.60. The Kier molecular flexibility index (Phi) is 4.34. The van der Waals surface area contributed by atoms with Gasteiger partial charge in [0.05, 0.1) is 7.11 Å². The molecular formula is C17H12BrFO4. The van der Waals surface area contributed by atoms with Crippen LogP contribution < -0.4 is 14.2 Å². The second-order valence-electron chi connectivity index (χ2n) is 4.77. The molecule has 0 saturated carbocycles. The van der Waals surface area contributed by atoms with Crippen molar-refractivity contribution < 1.29 is 23.4 Å². The minimum Gasteiger partial charge on any atom is -0.494 e. The van der Waals surface area contributed by atoms with Gasteiger partial charge in [0.15, 0.2) is 28.8 Å². The Bertz CT molecular complexity index is 801. The van der Waals surface area contributed by atoms with Crippen molar-refractivity contribution in [1.29, 1.82) is 0 Å². The maximum atomic E-state index is 13.6. The van der Waals surface area contributed by atoms with Crippen molar-refractivity contribution in [2.75, 3.05) is 13.9 Å². The summed E-state index contributed by atoms with van der Waals surface area (Å²) in [4.78, 5) is 12.1. The number of carbonyl (C=O) groups is 1. The van der Waals surface area contributed by atoms with E-state index in [2.05, 4.69) is 15.9 Å². The molecule has 0 bridgehead atoms. The zero-order valence-electron chi connectivity index (χ0n) is 12.1. The van der Waals surface area contributed by atoms with Crippen LogP contribution in [0.15, 0.2) is 40.9 Å². The number of hydrogen-bond acceptors (Lipinski definition) is 4. The third-order valence-electron chi connectivity index (χ3n) is 3.34. The van der Waals surface area contributed by atoms with E-state index in [0.717, 1.165) is 16.1 Å². The number of hydrogen-bond donors (Lipinski definition) is 0. The zero-order valence-corrected chi connectivity index (χ0v) is 13.7. The summed E-state index contributed by atoms with van der Waals surface area (Å²) in [6.45, 7) is 0.180. The van der Waals surface area contributed by atoms with E-state index in [1.54, 1.807) is 18.2 Å². The molecule has 0 aromatic heterocycles. The minimum absolute atomic E-state index is 0.101. The van der Waals surface area contributed by atoms with Gasteiger partial charge < -0.3 is 14.2 Å². The second kappa shape index (κ2) is 6.42. The smallest absolute Gasteiger partial charge is 0.231 e. The lowest BCUT2D eigenvalue weighted by Crippen LogP contribution is -1.97. The van der Waals surface area contributed by atoms with Crippen molar-refractivity contribution in [3.63, 3.8) is 0 Å². The highest BCUT2D eigenvalue weighted by molar-refractivity contribution is 9.10. The highest BCUT2D eigenvalue weighted by Gasteiger charge is 2.15. The highest BCUT2D eigenvalue weighted by Crippen LogP contribution is 2.37. The van der Waals surface area contributed by atoms with Gasteiger partial charge in [-0.3, -0.25) is 4.79 Å². The van der Waals surface area contributed by atoms with Crippen LogP contribution in [0.1, 0.15) is 15.9 Å². The standard InChI is InChI=1S/C17H12BrFO4/c1-21-15-5-3-11(6-13(15)19)14(20)4-2-10-7-16-17(8-12(10)18)23-9-22-16/h2-8H,9H2,1H3/b4-2+. The van der Waals surface area contributed by atoms with E-state index in [4.69, 9.17) is 14.2 Å². The predicted octanol–water partition coefficient (Wildman–Crippen LogP) is 4.22. The first-order chi connectivity index (χ1) is 11.1. The first-order valence-electron chi connectivity index (χ1n) is 6.73. The van der Waals surface area contributed by atoms with Crippen LogP contribution in [0.2, 0.25) is 0 Å². The molecule has 1 aliphatic heterocycles.